The number of piperidine rings is 1. The number of hydrogen-bond acceptors (Lipinski definition) is 6. The van der Waals surface area contributed by atoms with Gasteiger partial charge in [0.2, 0.25) is 0 Å². The average molecular weight is 478 g/mol. The molecule has 2 aliphatic rings. The molecule has 1 atom stereocenters. The number of nitrogens with zero attached hydrogens (tertiary/aromatic N) is 5. The lowest BCUT2D eigenvalue weighted by molar-refractivity contribution is 0.0931. The number of aryl methyl sites for hydroxylation is 2. The first-order valence-corrected chi connectivity index (χ1v) is 13.6. The van der Waals surface area contributed by atoms with Gasteiger partial charge in [0.25, 0.3) is 0 Å². The van der Waals surface area contributed by atoms with E-state index in [0.717, 1.165) is 93.0 Å². The number of hydrogen-bond donors (Lipinski definition) is 0. The van der Waals surface area contributed by atoms with Crippen molar-refractivity contribution in [2.45, 2.75) is 69.3 Å². The smallest absolute Gasteiger partial charge is 0.191 e. The summed E-state index contributed by atoms with van der Waals surface area (Å²) in [6.45, 7) is 6.89. The Morgan fingerprint density at radius 1 is 1.00 bits per heavy atom. The Hall–Kier alpha value is -2.22. The topological polar surface area (TPSA) is 56.1 Å². The number of thioether (sulfide) groups is 1. The van der Waals surface area contributed by atoms with E-state index in [-0.39, 0.29) is 6.10 Å². The summed E-state index contributed by atoms with van der Waals surface area (Å²) >= 11 is 1.83. The molecule has 4 heterocycles. The van der Waals surface area contributed by atoms with Crippen LogP contribution in [0.25, 0.3) is 0 Å². The third kappa shape index (κ3) is 6.06. The van der Waals surface area contributed by atoms with Crippen molar-refractivity contribution in [3.05, 3.63) is 71.3 Å². The summed E-state index contributed by atoms with van der Waals surface area (Å²) in [7, 11) is 0. The first kappa shape index (κ1) is 23.5. The fourth-order valence-electron chi connectivity index (χ4n) is 5.04. The van der Waals surface area contributed by atoms with Crippen molar-refractivity contribution >= 4 is 11.8 Å². The first-order chi connectivity index (χ1) is 16.7. The molecule has 0 amide bonds. The van der Waals surface area contributed by atoms with E-state index < -0.39 is 0 Å². The Kier molecular flexibility index (Phi) is 7.94. The van der Waals surface area contributed by atoms with Crippen molar-refractivity contribution in [1.29, 1.82) is 0 Å². The maximum atomic E-state index is 5.99. The summed E-state index contributed by atoms with van der Waals surface area (Å²) in [4.78, 5) is 7.21. The number of likely N-dealkylation sites (tertiary alicyclic amines) is 1. The number of ether oxygens (including phenoxy) is 1. The van der Waals surface area contributed by atoms with Crippen LogP contribution in [0.15, 0.2) is 53.7 Å². The fourth-order valence-corrected chi connectivity index (χ4v) is 5.99. The molecular weight excluding hydrogens is 442 g/mol. The van der Waals surface area contributed by atoms with E-state index >= 15 is 0 Å². The molecule has 0 unspecified atom stereocenters. The Balaban J connectivity index is 1.23. The minimum Gasteiger partial charge on any atom is -0.376 e. The standard InChI is InChI=1S/C27H35N5OS/c1-21-7-5-10-24(28-21)19-31-15-12-23(13-16-31)26-29-30-27(32(26)20-25-11-6-17-33-25)34-18-14-22-8-3-2-4-9-22/h2-5,7-10,23,25H,6,11-20H2,1H3/t25-/m0/s1. The molecule has 7 heteroatoms. The van der Waals surface area contributed by atoms with Gasteiger partial charge in [-0.1, -0.05) is 48.2 Å². The van der Waals surface area contributed by atoms with Crippen molar-refractivity contribution in [3.8, 4) is 0 Å². The van der Waals surface area contributed by atoms with E-state index in [2.05, 4.69) is 75.0 Å². The maximum Gasteiger partial charge on any atom is 0.191 e. The van der Waals surface area contributed by atoms with Crippen LogP contribution in [0, 0.1) is 6.92 Å². The quantitative estimate of drug-likeness (QED) is 0.410. The molecule has 1 aromatic carbocycles. The van der Waals surface area contributed by atoms with Gasteiger partial charge in [-0.2, -0.15) is 0 Å². The molecular formula is C27H35N5OS. The van der Waals surface area contributed by atoms with E-state index in [1.807, 2.05) is 11.8 Å². The van der Waals surface area contributed by atoms with Crippen LogP contribution in [0.4, 0.5) is 0 Å². The van der Waals surface area contributed by atoms with Crippen LogP contribution in [-0.2, 0) is 24.2 Å². The molecule has 2 fully saturated rings. The zero-order chi connectivity index (χ0) is 23.2. The second-order valence-corrected chi connectivity index (χ2v) is 10.6. The highest BCUT2D eigenvalue weighted by atomic mass is 32.2. The molecule has 0 spiro atoms. The largest absolute Gasteiger partial charge is 0.376 e. The lowest BCUT2D eigenvalue weighted by atomic mass is 9.95. The third-order valence-electron chi connectivity index (χ3n) is 6.90. The Morgan fingerprint density at radius 3 is 2.62 bits per heavy atom. The van der Waals surface area contributed by atoms with Crippen molar-refractivity contribution in [1.82, 2.24) is 24.6 Å². The van der Waals surface area contributed by atoms with Gasteiger partial charge in [0.1, 0.15) is 5.82 Å². The van der Waals surface area contributed by atoms with Crippen LogP contribution in [-0.4, -0.2) is 56.2 Å². The van der Waals surface area contributed by atoms with Crippen LogP contribution in [0.5, 0.6) is 0 Å². The van der Waals surface area contributed by atoms with Crippen LogP contribution in [0.1, 0.15) is 54.4 Å². The summed E-state index contributed by atoms with van der Waals surface area (Å²) in [6, 6.07) is 17.0. The highest BCUT2D eigenvalue weighted by Crippen LogP contribution is 2.31. The molecule has 2 saturated heterocycles. The van der Waals surface area contributed by atoms with E-state index in [0.29, 0.717) is 5.92 Å². The zero-order valence-electron chi connectivity index (χ0n) is 20.1. The number of benzene rings is 1. The van der Waals surface area contributed by atoms with Crippen LogP contribution >= 0.6 is 11.8 Å². The van der Waals surface area contributed by atoms with Crippen LogP contribution in [0.3, 0.4) is 0 Å². The molecule has 5 rings (SSSR count). The summed E-state index contributed by atoms with van der Waals surface area (Å²) in [5.41, 5.74) is 3.62. The predicted octanol–water partition coefficient (Wildman–Crippen LogP) is 4.87. The van der Waals surface area contributed by atoms with E-state index in [1.54, 1.807) is 0 Å². The zero-order valence-corrected chi connectivity index (χ0v) is 20.9. The Labute approximate surface area is 207 Å². The Morgan fingerprint density at radius 2 is 1.85 bits per heavy atom. The normalized spacial score (nSPS) is 19.6. The fraction of sp³-hybridized carbons (Fsp3) is 0.519. The van der Waals surface area contributed by atoms with Gasteiger partial charge in [0.05, 0.1) is 18.3 Å². The van der Waals surface area contributed by atoms with Crippen molar-refractivity contribution in [2.24, 2.45) is 0 Å². The molecule has 2 aliphatic heterocycles. The van der Waals surface area contributed by atoms with Crippen molar-refractivity contribution < 1.29 is 4.74 Å². The van der Waals surface area contributed by atoms with Gasteiger partial charge >= 0.3 is 0 Å². The van der Waals surface area contributed by atoms with Gasteiger partial charge in [-0.05, 0) is 69.8 Å². The minimum atomic E-state index is 0.288. The van der Waals surface area contributed by atoms with Crippen molar-refractivity contribution in [3.63, 3.8) is 0 Å². The van der Waals surface area contributed by atoms with Gasteiger partial charge in [-0.3, -0.25) is 9.88 Å². The van der Waals surface area contributed by atoms with Gasteiger partial charge in [0.15, 0.2) is 5.16 Å². The molecule has 0 bridgehead atoms. The predicted molar refractivity (Wildman–Crippen MR) is 136 cm³/mol. The molecule has 2 aromatic heterocycles. The van der Waals surface area contributed by atoms with E-state index in [9.17, 15) is 0 Å². The van der Waals surface area contributed by atoms with Gasteiger partial charge in [-0.15, -0.1) is 10.2 Å². The van der Waals surface area contributed by atoms with Gasteiger partial charge in [0, 0.05) is 30.5 Å². The van der Waals surface area contributed by atoms with E-state index in [1.165, 1.54) is 5.56 Å². The maximum absolute atomic E-state index is 5.99. The molecule has 3 aromatic rings. The average Bonchev–Trinajstić information content (AvgIpc) is 3.51. The van der Waals surface area contributed by atoms with Gasteiger partial charge < -0.3 is 9.30 Å². The highest BCUT2D eigenvalue weighted by Gasteiger charge is 2.28. The number of rotatable bonds is 9. The van der Waals surface area contributed by atoms with Crippen molar-refractivity contribution in [2.75, 3.05) is 25.4 Å². The second-order valence-electron chi connectivity index (χ2n) is 9.49. The number of pyridine rings is 1. The Bertz CT molecular complexity index is 1040. The summed E-state index contributed by atoms with van der Waals surface area (Å²) in [5, 5.41) is 10.4. The molecule has 0 N–H and O–H groups in total. The number of aromatic nitrogens is 4. The molecule has 0 saturated carbocycles. The van der Waals surface area contributed by atoms with Crippen LogP contribution in [0.2, 0.25) is 0 Å². The van der Waals surface area contributed by atoms with Gasteiger partial charge in [-0.25, -0.2) is 0 Å². The first-order valence-electron chi connectivity index (χ1n) is 12.6. The molecule has 34 heavy (non-hydrogen) atoms. The lowest BCUT2D eigenvalue weighted by Gasteiger charge is -2.31. The summed E-state index contributed by atoms with van der Waals surface area (Å²) in [5.74, 6) is 2.63. The molecule has 180 valence electrons. The molecule has 0 radical (unpaired) electrons. The lowest BCUT2D eigenvalue weighted by Crippen LogP contribution is -2.34. The minimum absolute atomic E-state index is 0.288. The highest BCUT2D eigenvalue weighted by molar-refractivity contribution is 7.99. The molecule has 6 nitrogen and oxygen atoms in total. The monoisotopic (exact) mass is 477 g/mol. The third-order valence-corrected chi connectivity index (χ3v) is 7.87. The SMILES string of the molecule is Cc1cccc(CN2CCC(c3nnc(SCCc4ccccc4)n3C[C@@H]3CCCO3)CC2)n1. The second kappa shape index (κ2) is 11.5. The molecule has 0 aliphatic carbocycles. The summed E-state index contributed by atoms with van der Waals surface area (Å²) < 4.78 is 8.37. The van der Waals surface area contributed by atoms with Crippen LogP contribution < -0.4 is 0 Å². The summed E-state index contributed by atoms with van der Waals surface area (Å²) in [6.07, 6.45) is 5.85. The van der Waals surface area contributed by atoms with E-state index in [4.69, 9.17) is 9.84 Å².